The fourth-order valence-electron chi connectivity index (χ4n) is 2.58. The number of amides is 1. The van der Waals surface area contributed by atoms with Crippen LogP contribution in [0.2, 0.25) is 0 Å². The Hall–Kier alpha value is -3.20. The molecule has 1 amide bonds. The molecule has 0 radical (unpaired) electrons. The van der Waals surface area contributed by atoms with E-state index in [0.29, 0.717) is 17.9 Å². The highest BCUT2D eigenvalue weighted by Gasteiger charge is 2.17. The summed E-state index contributed by atoms with van der Waals surface area (Å²) in [6.45, 7) is 2.72. The average molecular weight is 429 g/mol. The second-order valence-corrected chi connectivity index (χ2v) is 8.67. The van der Waals surface area contributed by atoms with Crippen molar-refractivity contribution < 1.29 is 22.4 Å². The van der Waals surface area contributed by atoms with E-state index < -0.39 is 15.7 Å². The number of aromatic nitrogens is 2. The van der Waals surface area contributed by atoms with Gasteiger partial charge in [-0.1, -0.05) is 36.6 Å². The number of rotatable bonds is 10. The van der Waals surface area contributed by atoms with Gasteiger partial charge in [0.1, 0.15) is 5.75 Å². The van der Waals surface area contributed by atoms with Crippen molar-refractivity contribution in [1.29, 1.82) is 0 Å². The number of hydrogen-bond donors (Lipinski definition) is 1. The lowest BCUT2D eigenvalue weighted by molar-refractivity contribution is 0.102. The van der Waals surface area contributed by atoms with Gasteiger partial charge < -0.3 is 9.15 Å². The first-order valence-corrected chi connectivity index (χ1v) is 11.3. The van der Waals surface area contributed by atoms with Crippen LogP contribution in [-0.4, -0.2) is 36.9 Å². The zero-order chi connectivity index (χ0) is 21.4. The first-order valence-electron chi connectivity index (χ1n) is 9.62. The monoisotopic (exact) mass is 429 g/mol. The first-order chi connectivity index (χ1) is 14.5. The highest BCUT2D eigenvalue weighted by atomic mass is 32.2. The van der Waals surface area contributed by atoms with Crippen LogP contribution in [0.5, 0.6) is 5.75 Å². The van der Waals surface area contributed by atoms with Crippen LogP contribution in [0, 0.1) is 0 Å². The van der Waals surface area contributed by atoms with E-state index in [2.05, 4.69) is 22.4 Å². The maximum atomic E-state index is 12.3. The molecular weight excluding hydrogens is 406 g/mol. The number of nitrogens with one attached hydrogen (secondary N) is 1. The van der Waals surface area contributed by atoms with Crippen molar-refractivity contribution in [2.75, 3.05) is 17.7 Å². The number of benzene rings is 2. The minimum atomic E-state index is -3.45. The molecule has 0 aliphatic heterocycles. The maximum Gasteiger partial charge on any atom is 0.322 e. The predicted molar refractivity (Wildman–Crippen MR) is 111 cm³/mol. The van der Waals surface area contributed by atoms with E-state index in [4.69, 9.17) is 9.15 Å². The molecule has 8 nitrogen and oxygen atoms in total. The highest BCUT2D eigenvalue weighted by molar-refractivity contribution is 7.91. The van der Waals surface area contributed by atoms with E-state index in [0.717, 1.165) is 12.8 Å². The molecule has 3 rings (SSSR count). The molecule has 158 valence electrons. The second kappa shape index (κ2) is 10.0. The molecule has 30 heavy (non-hydrogen) atoms. The molecule has 0 aliphatic carbocycles. The van der Waals surface area contributed by atoms with Crippen LogP contribution in [0.1, 0.15) is 36.0 Å². The van der Waals surface area contributed by atoms with Crippen molar-refractivity contribution in [3.8, 4) is 5.75 Å². The summed E-state index contributed by atoms with van der Waals surface area (Å²) in [6.07, 6.45) is 2.06. The molecule has 0 atom stereocenters. The summed E-state index contributed by atoms with van der Waals surface area (Å²) in [5, 5.41) is 10.1. The van der Waals surface area contributed by atoms with Gasteiger partial charge in [-0.3, -0.25) is 10.1 Å². The SMILES string of the molecule is CCCCOc1ccc(C(=O)Nc2nnc(CCS(=O)(=O)c3ccccc3)o2)cc1. The average Bonchev–Trinajstić information content (AvgIpc) is 3.21. The molecule has 0 saturated carbocycles. The molecule has 0 unspecified atom stereocenters. The Morgan fingerprint density at radius 1 is 1.07 bits per heavy atom. The van der Waals surface area contributed by atoms with Crippen molar-refractivity contribution in [3.63, 3.8) is 0 Å². The van der Waals surface area contributed by atoms with Crippen molar-refractivity contribution in [2.45, 2.75) is 31.1 Å². The number of anilines is 1. The second-order valence-electron chi connectivity index (χ2n) is 6.56. The minimum Gasteiger partial charge on any atom is -0.494 e. The van der Waals surface area contributed by atoms with E-state index in [1.54, 1.807) is 42.5 Å². The highest BCUT2D eigenvalue weighted by Crippen LogP contribution is 2.16. The van der Waals surface area contributed by atoms with Gasteiger partial charge in [0, 0.05) is 12.0 Å². The molecular formula is C21H23N3O5S. The molecule has 1 N–H and O–H groups in total. The summed E-state index contributed by atoms with van der Waals surface area (Å²) in [7, 11) is -3.45. The standard InChI is InChI=1S/C21H23N3O5S/c1-2-3-14-28-17-11-9-16(10-12-17)20(25)22-21-24-23-19(29-21)13-15-30(26,27)18-7-5-4-6-8-18/h4-12H,2-3,13-15H2,1H3,(H,22,24,25). The van der Waals surface area contributed by atoms with Crippen LogP contribution < -0.4 is 10.1 Å². The Morgan fingerprint density at radius 3 is 2.50 bits per heavy atom. The summed E-state index contributed by atoms with van der Waals surface area (Å²) in [6, 6.07) is 14.8. The fraction of sp³-hybridized carbons (Fsp3) is 0.286. The van der Waals surface area contributed by atoms with Crippen molar-refractivity contribution in [1.82, 2.24) is 10.2 Å². The lowest BCUT2D eigenvalue weighted by Gasteiger charge is -2.06. The van der Waals surface area contributed by atoms with Gasteiger partial charge >= 0.3 is 6.01 Å². The molecule has 0 spiro atoms. The maximum absolute atomic E-state index is 12.3. The Morgan fingerprint density at radius 2 is 1.80 bits per heavy atom. The van der Waals surface area contributed by atoms with Gasteiger partial charge in [-0.15, -0.1) is 5.10 Å². The van der Waals surface area contributed by atoms with Gasteiger partial charge in [-0.2, -0.15) is 0 Å². The van der Waals surface area contributed by atoms with E-state index in [9.17, 15) is 13.2 Å². The largest absolute Gasteiger partial charge is 0.494 e. The molecule has 2 aromatic carbocycles. The number of unbranched alkanes of at least 4 members (excludes halogenated alkanes) is 1. The Balaban J connectivity index is 1.54. The lowest BCUT2D eigenvalue weighted by Crippen LogP contribution is -2.12. The predicted octanol–water partition coefficient (Wildman–Crippen LogP) is 3.52. The first kappa shape index (κ1) is 21.5. The van der Waals surface area contributed by atoms with E-state index in [1.165, 1.54) is 12.1 Å². The number of hydrogen-bond acceptors (Lipinski definition) is 7. The quantitative estimate of drug-likeness (QED) is 0.491. The van der Waals surface area contributed by atoms with Crippen molar-refractivity contribution >= 4 is 21.8 Å². The van der Waals surface area contributed by atoms with Gasteiger partial charge in [0.15, 0.2) is 9.84 Å². The molecule has 0 aliphatic rings. The number of sulfone groups is 1. The number of carbonyl (C=O) groups excluding carboxylic acids is 1. The zero-order valence-corrected chi connectivity index (χ0v) is 17.4. The normalized spacial score (nSPS) is 11.2. The number of nitrogens with zero attached hydrogens (tertiary/aromatic N) is 2. The van der Waals surface area contributed by atoms with Crippen LogP contribution in [-0.2, 0) is 16.3 Å². The summed E-state index contributed by atoms with van der Waals surface area (Å²) >= 11 is 0. The molecule has 9 heteroatoms. The summed E-state index contributed by atoms with van der Waals surface area (Å²) in [5.74, 6) is 0.234. The van der Waals surface area contributed by atoms with Crippen molar-refractivity contribution in [2.24, 2.45) is 0 Å². The summed E-state index contributed by atoms with van der Waals surface area (Å²) < 4.78 is 35.6. The fourth-order valence-corrected chi connectivity index (χ4v) is 3.83. The van der Waals surface area contributed by atoms with E-state index >= 15 is 0 Å². The molecule has 3 aromatic rings. The van der Waals surface area contributed by atoms with Gasteiger partial charge in [-0.05, 0) is 42.8 Å². The summed E-state index contributed by atoms with van der Waals surface area (Å²) in [5.41, 5.74) is 0.407. The Kier molecular flexibility index (Phi) is 7.18. The number of carbonyl (C=O) groups is 1. The van der Waals surface area contributed by atoms with Crippen LogP contribution in [0.25, 0.3) is 0 Å². The third kappa shape index (κ3) is 5.90. The minimum absolute atomic E-state index is 0.0455. The number of aryl methyl sites for hydroxylation is 1. The van der Waals surface area contributed by atoms with E-state index in [-0.39, 0.29) is 29.0 Å². The topological polar surface area (TPSA) is 111 Å². The van der Waals surface area contributed by atoms with Gasteiger partial charge in [-0.25, -0.2) is 8.42 Å². The van der Waals surface area contributed by atoms with Gasteiger partial charge in [0.25, 0.3) is 5.91 Å². The third-order valence-electron chi connectivity index (χ3n) is 4.26. The van der Waals surface area contributed by atoms with Crippen LogP contribution >= 0.6 is 0 Å². The third-order valence-corrected chi connectivity index (χ3v) is 5.99. The Bertz CT molecular complexity index is 1060. The molecule has 1 heterocycles. The van der Waals surface area contributed by atoms with Crippen molar-refractivity contribution in [3.05, 3.63) is 66.1 Å². The zero-order valence-electron chi connectivity index (χ0n) is 16.6. The summed E-state index contributed by atoms with van der Waals surface area (Å²) in [4.78, 5) is 12.6. The molecule has 0 saturated heterocycles. The number of ether oxygens (including phenoxy) is 1. The smallest absolute Gasteiger partial charge is 0.322 e. The van der Waals surface area contributed by atoms with Gasteiger partial charge in [0.05, 0.1) is 17.3 Å². The van der Waals surface area contributed by atoms with Crippen LogP contribution in [0.3, 0.4) is 0 Å². The van der Waals surface area contributed by atoms with Crippen LogP contribution in [0.15, 0.2) is 63.9 Å². The van der Waals surface area contributed by atoms with E-state index in [1.807, 2.05) is 0 Å². The Labute approximate surface area is 175 Å². The molecule has 0 bridgehead atoms. The molecule has 0 fully saturated rings. The lowest BCUT2D eigenvalue weighted by atomic mass is 10.2. The molecule has 1 aromatic heterocycles. The van der Waals surface area contributed by atoms with Crippen LogP contribution in [0.4, 0.5) is 6.01 Å². The van der Waals surface area contributed by atoms with Gasteiger partial charge in [0.2, 0.25) is 5.89 Å².